The number of allylic oxidation sites excluding steroid dienone is 1. The Kier molecular flexibility index (Phi) is 4.17. The molecule has 0 heterocycles. The first-order valence-electron chi connectivity index (χ1n) is 5.04. The summed E-state index contributed by atoms with van der Waals surface area (Å²) in [6.07, 6.45) is -4.46. The minimum absolute atomic E-state index is 0.0898. The number of nitriles is 1. The van der Waals surface area contributed by atoms with Crippen LogP contribution in [0.3, 0.4) is 0 Å². The SMILES string of the molecule is [13CH3]/[13C](O)=[13C](\C#N)[13C](=O)Nc1ccc(C(F)(F)F)cc1. The second-order valence-corrected chi connectivity index (χ2v) is 3.60. The molecule has 1 aromatic rings. The van der Waals surface area contributed by atoms with E-state index in [1.54, 1.807) is 0 Å². The molecule has 0 spiro atoms. The minimum Gasteiger partial charge on any atom is -0.511 e. The third-order valence-corrected chi connectivity index (χ3v) is 2.17. The van der Waals surface area contributed by atoms with Gasteiger partial charge >= 0.3 is 6.18 Å². The van der Waals surface area contributed by atoms with E-state index >= 15 is 0 Å². The van der Waals surface area contributed by atoms with E-state index in [4.69, 9.17) is 10.4 Å². The van der Waals surface area contributed by atoms with Crippen molar-refractivity contribution in [3.05, 3.63) is 41.2 Å². The third kappa shape index (κ3) is 3.74. The molecular weight excluding hydrogens is 265 g/mol. The van der Waals surface area contributed by atoms with Crippen LogP contribution in [0.4, 0.5) is 18.9 Å². The Hall–Kier alpha value is -2.49. The molecule has 19 heavy (non-hydrogen) atoms. The van der Waals surface area contributed by atoms with Gasteiger partial charge in [0.1, 0.15) is 11.8 Å². The largest absolute Gasteiger partial charge is 0.511 e. The van der Waals surface area contributed by atoms with Crippen LogP contribution in [-0.2, 0) is 11.0 Å². The number of hydrogen-bond donors (Lipinski definition) is 2. The number of halogens is 3. The summed E-state index contributed by atoms with van der Waals surface area (Å²) in [7, 11) is 0. The first kappa shape index (κ1) is 14.6. The summed E-state index contributed by atoms with van der Waals surface area (Å²) in [5.74, 6) is -1.35. The van der Waals surface area contributed by atoms with Crippen molar-refractivity contribution in [3.63, 3.8) is 0 Å². The van der Waals surface area contributed by atoms with Gasteiger partial charge in [0.25, 0.3) is 5.91 Å². The summed E-state index contributed by atoms with van der Waals surface area (Å²) in [4.78, 5) is 11.5. The highest BCUT2D eigenvalue weighted by Crippen LogP contribution is 2.29. The molecule has 0 aliphatic heterocycles. The maximum absolute atomic E-state index is 12.3. The molecule has 0 atom stereocenters. The van der Waals surface area contributed by atoms with Gasteiger partial charge in [0.05, 0.1) is 5.56 Å². The number of rotatable bonds is 2. The predicted molar refractivity (Wildman–Crippen MR) is 61.0 cm³/mol. The van der Waals surface area contributed by atoms with Crippen LogP contribution in [0.5, 0.6) is 0 Å². The zero-order valence-electron chi connectivity index (χ0n) is 9.75. The third-order valence-electron chi connectivity index (χ3n) is 2.17. The van der Waals surface area contributed by atoms with E-state index in [0.717, 1.165) is 31.2 Å². The molecule has 1 rings (SSSR count). The van der Waals surface area contributed by atoms with Crippen LogP contribution in [-0.4, -0.2) is 11.0 Å². The maximum atomic E-state index is 12.3. The first-order chi connectivity index (χ1) is 8.75. The molecule has 0 radical (unpaired) electrons. The summed E-state index contributed by atoms with van der Waals surface area (Å²) in [6, 6.07) is 5.22. The second-order valence-electron chi connectivity index (χ2n) is 3.60. The molecule has 2 N–H and O–H groups in total. The Bertz CT molecular complexity index is 550. The van der Waals surface area contributed by atoms with Crippen molar-refractivity contribution in [2.75, 3.05) is 5.32 Å². The van der Waals surface area contributed by atoms with Crippen LogP contribution in [0.15, 0.2) is 35.6 Å². The molecule has 1 amide bonds. The smallest absolute Gasteiger partial charge is 0.416 e. The van der Waals surface area contributed by atoms with E-state index < -0.39 is 29.0 Å². The number of hydrogen-bond acceptors (Lipinski definition) is 3. The quantitative estimate of drug-likeness (QED) is 0.377. The van der Waals surface area contributed by atoms with Crippen LogP contribution < -0.4 is 5.32 Å². The standard InChI is InChI=1S/C12H9F3N2O2/c1-7(18)10(6-16)11(19)17-9-4-2-8(3-5-9)12(13,14)15/h2-5,18H,1H3,(H,17,19)/b10-7-/i1+1,7+1,10+1,11+1. The fourth-order valence-corrected chi connectivity index (χ4v) is 1.23. The van der Waals surface area contributed by atoms with Gasteiger partial charge in [0, 0.05) is 5.69 Å². The Morgan fingerprint density at radius 3 is 2.21 bits per heavy atom. The number of aliphatic hydroxyl groups excluding tert-OH is 1. The number of anilines is 1. The molecule has 1 aromatic carbocycles. The molecule has 0 bridgehead atoms. The van der Waals surface area contributed by atoms with Gasteiger partial charge in [0.15, 0.2) is 5.57 Å². The minimum atomic E-state index is -4.46. The lowest BCUT2D eigenvalue weighted by Gasteiger charge is -2.08. The number of aliphatic hydroxyl groups is 1. The van der Waals surface area contributed by atoms with Crippen LogP contribution >= 0.6 is 0 Å². The van der Waals surface area contributed by atoms with Crippen LogP contribution in [0.2, 0.25) is 0 Å². The van der Waals surface area contributed by atoms with E-state index in [1.807, 2.05) is 0 Å². The lowest BCUT2D eigenvalue weighted by atomic mass is 10.2. The lowest BCUT2D eigenvalue weighted by molar-refractivity contribution is -0.137. The van der Waals surface area contributed by atoms with E-state index in [0.29, 0.717) is 0 Å². The van der Waals surface area contributed by atoms with Gasteiger partial charge in [-0.3, -0.25) is 4.79 Å². The monoisotopic (exact) mass is 274 g/mol. The van der Waals surface area contributed by atoms with E-state index in [2.05, 4.69) is 5.32 Å². The van der Waals surface area contributed by atoms with Crippen molar-refractivity contribution < 1.29 is 23.1 Å². The maximum Gasteiger partial charge on any atom is 0.416 e. The molecule has 0 aromatic heterocycles. The Morgan fingerprint density at radius 1 is 1.32 bits per heavy atom. The van der Waals surface area contributed by atoms with E-state index in [9.17, 15) is 18.0 Å². The van der Waals surface area contributed by atoms with E-state index in [-0.39, 0.29) is 5.69 Å². The normalized spacial score (nSPS) is 12.4. The van der Waals surface area contributed by atoms with Crippen molar-refractivity contribution in [1.82, 2.24) is 0 Å². The van der Waals surface area contributed by atoms with Gasteiger partial charge in [-0.15, -0.1) is 0 Å². The van der Waals surface area contributed by atoms with Crippen LogP contribution in [0, 0.1) is 11.3 Å². The van der Waals surface area contributed by atoms with Gasteiger partial charge in [-0.2, -0.15) is 18.4 Å². The van der Waals surface area contributed by atoms with Gasteiger partial charge in [-0.25, -0.2) is 0 Å². The van der Waals surface area contributed by atoms with Gasteiger partial charge in [-0.1, -0.05) is 0 Å². The molecular formula is C12H9F3N2O2. The highest BCUT2D eigenvalue weighted by molar-refractivity contribution is 6.06. The van der Waals surface area contributed by atoms with Crippen LogP contribution in [0.25, 0.3) is 0 Å². The number of carbonyl (C=O) groups is 1. The molecule has 0 saturated carbocycles. The zero-order chi connectivity index (χ0) is 14.6. The number of carbonyl (C=O) groups excluding carboxylic acids is 1. The summed E-state index contributed by atoms with van der Waals surface area (Å²) >= 11 is 0. The summed E-state index contributed by atoms with van der Waals surface area (Å²) in [6.45, 7) is 1.16. The molecule has 0 aliphatic carbocycles. The van der Waals surface area contributed by atoms with Crippen molar-refractivity contribution in [2.24, 2.45) is 0 Å². The zero-order valence-corrected chi connectivity index (χ0v) is 9.75. The number of amides is 1. The second kappa shape index (κ2) is 5.44. The number of alkyl halides is 3. The Balaban J connectivity index is 2.89. The number of nitrogens with zero attached hydrogens (tertiary/aromatic N) is 1. The van der Waals surface area contributed by atoms with Crippen molar-refractivity contribution in [2.45, 2.75) is 13.1 Å². The molecule has 4 nitrogen and oxygen atoms in total. The predicted octanol–water partition coefficient (Wildman–Crippen LogP) is 3.00. The lowest BCUT2D eigenvalue weighted by Crippen LogP contribution is -2.15. The highest BCUT2D eigenvalue weighted by Gasteiger charge is 2.30. The topological polar surface area (TPSA) is 73.1 Å². The van der Waals surface area contributed by atoms with Crippen molar-refractivity contribution in [1.29, 1.82) is 5.26 Å². The molecule has 100 valence electrons. The Labute approximate surface area is 106 Å². The van der Waals surface area contributed by atoms with Gasteiger partial charge < -0.3 is 10.4 Å². The van der Waals surface area contributed by atoms with E-state index in [1.165, 1.54) is 6.07 Å². The molecule has 0 fully saturated rings. The fraction of sp³-hybridized carbons (Fsp3) is 0.167. The fourth-order valence-electron chi connectivity index (χ4n) is 1.23. The summed E-state index contributed by atoms with van der Waals surface area (Å²) in [5.41, 5.74) is -1.26. The highest BCUT2D eigenvalue weighted by atomic mass is 19.4. The number of benzene rings is 1. The Morgan fingerprint density at radius 2 is 1.84 bits per heavy atom. The molecule has 0 aliphatic rings. The van der Waals surface area contributed by atoms with Gasteiger partial charge in [-0.05, 0) is 31.2 Å². The average molecular weight is 274 g/mol. The summed E-state index contributed by atoms with van der Waals surface area (Å²) in [5, 5.41) is 19.9. The molecule has 0 unspecified atom stereocenters. The van der Waals surface area contributed by atoms with Crippen molar-refractivity contribution >= 4 is 11.6 Å². The van der Waals surface area contributed by atoms with Gasteiger partial charge in [0.2, 0.25) is 0 Å². The summed E-state index contributed by atoms with van der Waals surface area (Å²) < 4.78 is 36.9. The number of nitrogens with one attached hydrogen (secondary N) is 1. The van der Waals surface area contributed by atoms with Crippen LogP contribution in [0.1, 0.15) is 12.5 Å². The van der Waals surface area contributed by atoms with Crippen molar-refractivity contribution in [3.8, 4) is 6.07 Å². The molecule has 7 heteroatoms. The first-order valence-corrected chi connectivity index (χ1v) is 5.04. The average Bonchev–Trinajstić information content (AvgIpc) is 2.28. The molecule has 0 saturated heterocycles.